The molecule has 1 aromatic carbocycles. The number of nitrogens with one attached hydrogen (secondary N) is 1. The van der Waals surface area contributed by atoms with Crippen molar-refractivity contribution in [2.75, 3.05) is 12.4 Å². The maximum absolute atomic E-state index is 11.9. The number of carbonyl (C=O) groups is 2. The van der Waals surface area contributed by atoms with E-state index in [1.165, 1.54) is 13.2 Å². The first-order chi connectivity index (χ1) is 10.1. The zero-order valence-electron chi connectivity index (χ0n) is 11.4. The van der Waals surface area contributed by atoms with Crippen molar-refractivity contribution in [1.82, 2.24) is 0 Å². The number of rotatable bonds is 5. The predicted octanol–water partition coefficient (Wildman–Crippen LogP) is 3.76. The Hall–Kier alpha value is -1.85. The van der Waals surface area contributed by atoms with Crippen LogP contribution in [0.25, 0.3) is 0 Å². The smallest absolute Gasteiger partial charge is 0.339 e. The number of thiophene rings is 1. The van der Waals surface area contributed by atoms with Gasteiger partial charge >= 0.3 is 5.97 Å². The molecular weight excluding hydrogens is 310 g/mol. The highest BCUT2D eigenvalue weighted by Crippen LogP contribution is 2.21. The summed E-state index contributed by atoms with van der Waals surface area (Å²) in [5, 5.41) is 7.04. The monoisotopic (exact) mass is 323 g/mol. The fourth-order valence-electron chi connectivity index (χ4n) is 1.79. The first-order valence-corrected chi connectivity index (χ1v) is 7.61. The maximum Gasteiger partial charge on any atom is 0.339 e. The SMILES string of the molecule is COC(=O)c1cc(NC(=O)CCc2ccsc2)ccc1Cl. The number of anilines is 1. The third-order valence-electron chi connectivity index (χ3n) is 2.88. The van der Waals surface area contributed by atoms with E-state index < -0.39 is 5.97 Å². The molecular formula is C15H14ClNO3S. The van der Waals surface area contributed by atoms with E-state index in [1.54, 1.807) is 23.5 Å². The molecule has 1 heterocycles. The molecule has 0 aliphatic carbocycles. The van der Waals surface area contributed by atoms with E-state index in [0.717, 1.165) is 5.56 Å². The average Bonchev–Trinajstić information content (AvgIpc) is 2.99. The van der Waals surface area contributed by atoms with Gasteiger partial charge in [-0.2, -0.15) is 11.3 Å². The largest absolute Gasteiger partial charge is 0.465 e. The van der Waals surface area contributed by atoms with Crippen molar-refractivity contribution < 1.29 is 14.3 Å². The van der Waals surface area contributed by atoms with Crippen LogP contribution in [0.1, 0.15) is 22.3 Å². The number of carbonyl (C=O) groups excluding carboxylic acids is 2. The third-order valence-corrected chi connectivity index (χ3v) is 3.94. The van der Waals surface area contributed by atoms with Gasteiger partial charge in [-0.3, -0.25) is 4.79 Å². The van der Waals surface area contributed by atoms with Gasteiger partial charge in [0.15, 0.2) is 0 Å². The number of hydrogen-bond acceptors (Lipinski definition) is 4. The Morgan fingerprint density at radius 2 is 2.14 bits per heavy atom. The topological polar surface area (TPSA) is 55.4 Å². The maximum atomic E-state index is 11.9. The van der Waals surface area contributed by atoms with Gasteiger partial charge in [-0.25, -0.2) is 4.79 Å². The van der Waals surface area contributed by atoms with Crippen LogP contribution in [0.5, 0.6) is 0 Å². The highest BCUT2D eigenvalue weighted by molar-refractivity contribution is 7.07. The molecule has 0 aliphatic rings. The van der Waals surface area contributed by atoms with Gasteiger partial charge in [0, 0.05) is 12.1 Å². The van der Waals surface area contributed by atoms with Gasteiger partial charge in [0.1, 0.15) is 0 Å². The predicted molar refractivity (Wildman–Crippen MR) is 84.1 cm³/mol. The number of halogens is 1. The van der Waals surface area contributed by atoms with Crippen molar-refractivity contribution in [2.45, 2.75) is 12.8 Å². The molecule has 0 bridgehead atoms. The van der Waals surface area contributed by atoms with Crippen LogP contribution in [0.2, 0.25) is 5.02 Å². The number of methoxy groups -OCH3 is 1. The fourth-order valence-corrected chi connectivity index (χ4v) is 2.68. The summed E-state index contributed by atoms with van der Waals surface area (Å²) < 4.78 is 4.64. The van der Waals surface area contributed by atoms with E-state index >= 15 is 0 Å². The summed E-state index contributed by atoms with van der Waals surface area (Å²) in [4.78, 5) is 23.4. The van der Waals surface area contributed by atoms with Gasteiger partial charge in [0.25, 0.3) is 0 Å². The van der Waals surface area contributed by atoms with Crippen LogP contribution in [0.15, 0.2) is 35.0 Å². The van der Waals surface area contributed by atoms with Crippen LogP contribution < -0.4 is 5.32 Å². The molecule has 0 atom stereocenters. The summed E-state index contributed by atoms with van der Waals surface area (Å²) in [5.41, 5.74) is 1.89. The summed E-state index contributed by atoms with van der Waals surface area (Å²) in [6.45, 7) is 0. The molecule has 0 radical (unpaired) electrons. The second-order valence-corrected chi connectivity index (χ2v) is 5.55. The van der Waals surface area contributed by atoms with Gasteiger partial charge in [-0.05, 0) is 47.0 Å². The van der Waals surface area contributed by atoms with E-state index in [4.69, 9.17) is 11.6 Å². The minimum absolute atomic E-state index is 0.112. The molecule has 0 spiro atoms. The highest BCUT2D eigenvalue weighted by Gasteiger charge is 2.12. The molecule has 0 aliphatic heterocycles. The minimum Gasteiger partial charge on any atom is -0.465 e. The van der Waals surface area contributed by atoms with Crippen molar-refractivity contribution in [1.29, 1.82) is 0 Å². The lowest BCUT2D eigenvalue weighted by Crippen LogP contribution is -2.13. The van der Waals surface area contributed by atoms with Crippen molar-refractivity contribution in [3.8, 4) is 0 Å². The summed E-state index contributed by atoms with van der Waals surface area (Å²) in [6.07, 6.45) is 1.07. The lowest BCUT2D eigenvalue weighted by Gasteiger charge is -2.08. The Balaban J connectivity index is 1.99. The Labute approximate surface area is 131 Å². The van der Waals surface area contributed by atoms with Gasteiger partial charge in [-0.15, -0.1) is 0 Å². The average molecular weight is 324 g/mol. The molecule has 4 nitrogen and oxygen atoms in total. The molecule has 0 saturated carbocycles. The van der Waals surface area contributed by atoms with Crippen LogP contribution in [0.4, 0.5) is 5.69 Å². The van der Waals surface area contributed by atoms with E-state index in [1.807, 2.05) is 16.8 Å². The van der Waals surface area contributed by atoms with E-state index in [0.29, 0.717) is 18.5 Å². The van der Waals surface area contributed by atoms with E-state index in [2.05, 4.69) is 10.1 Å². The molecule has 1 aromatic heterocycles. The molecule has 2 aromatic rings. The van der Waals surface area contributed by atoms with Crippen LogP contribution in [-0.2, 0) is 16.0 Å². The second kappa shape index (κ2) is 7.24. The van der Waals surface area contributed by atoms with Crippen LogP contribution in [0.3, 0.4) is 0 Å². The number of amides is 1. The second-order valence-electron chi connectivity index (χ2n) is 4.37. The van der Waals surface area contributed by atoms with Crippen LogP contribution in [0, 0.1) is 0 Å². The molecule has 1 N–H and O–H groups in total. The van der Waals surface area contributed by atoms with Gasteiger partial charge < -0.3 is 10.1 Å². The molecule has 1 amide bonds. The minimum atomic E-state index is -0.533. The molecule has 110 valence electrons. The van der Waals surface area contributed by atoms with E-state index in [9.17, 15) is 9.59 Å². The number of benzene rings is 1. The molecule has 21 heavy (non-hydrogen) atoms. The number of aryl methyl sites for hydroxylation is 1. The summed E-state index contributed by atoms with van der Waals surface area (Å²) in [5.74, 6) is -0.645. The summed E-state index contributed by atoms with van der Waals surface area (Å²) in [7, 11) is 1.28. The van der Waals surface area contributed by atoms with Gasteiger partial charge in [0.2, 0.25) is 5.91 Å². The highest BCUT2D eigenvalue weighted by atomic mass is 35.5. The third kappa shape index (κ3) is 4.31. The fraction of sp³-hybridized carbons (Fsp3) is 0.200. The summed E-state index contributed by atoms with van der Waals surface area (Å²) >= 11 is 7.53. The quantitative estimate of drug-likeness (QED) is 0.852. The molecule has 2 rings (SSSR count). The Kier molecular flexibility index (Phi) is 5.36. The first-order valence-electron chi connectivity index (χ1n) is 6.29. The molecule has 0 unspecified atom stereocenters. The van der Waals surface area contributed by atoms with Crippen LogP contribution >= 0.6 is 22.9 Å². The number of esters is 1. The number of ether oxygens (including phenoxy) is 1. The molecule has 0 saturated heterocycles. The lowest BCUT2D eigenvalue weighted by atomic mass is 10.1. The van der Waals surface area contributed by atoms with Gasteiger partial charge in [-0.1, -0.05) is 11.6 Å². The zero-order chi connectivity index (χ0) is 15.2. The van der Waals surface area contributed by atoms with Crippen molar-refractivity contribution >= 4 is 40.5 Å². The zero-order valence-corrected chi connectivity index (χ0v) is 13.0. The van der Waals surface area contributed by atoms with Crippen molar-refractivity contribution in [3.05, 3.63) is 51.2 Å². The Bertz CT molecular complexity index is 640. The lowest BCUT2D eigenvalue weighted by molar-refractivity contribution is -0.116. The van der Waals surface area contributed by atoms with Crippen LogP contribution in [-0.4, -0.2) is 19.0 Å². The standard InChI is InChI=1S/C15H14ClNO3S/c1-20-15(19)12-8-11(3-4-13(12)16)17-14(18)5-2-10-6-7-21-9-10/h3-4,6-9H,2,5H2,1H3,(H,17,18). The van der Waals surface area contributed by atoms with Crippen molar-refractivity contribution in [3.63, 3.8) is 0 Å². The van der Waals surface area contributed by atoms with Crippen molar-refractivity contribution in [2.24, 2.45) is 0 Å². The normalized spacial score (nSPS) is 10.2. The molecule has 0 fully saturated rings. The van der Waals surface area contributed by atoms with E-state index in [-0.39, 0.29) is 16.5 Å². The van der Waals surface area contributed by atoms with Gasteiger partial charge in [0.05, 0.1) is 17.7 Å². The molecule has 6 heteroatoms. The Morgan fingerprint density at radius 1 is 1.33 bits per heavy atom. The first kappa shape index (κ1) is 15.5. The number of hydrogen-bond donors (Lipinski definition) is 1. The Morgan fingerprint density at radius 3 is 2.81 bits per heavy atom. The summed E-state index contributed by atoms with van der Waals surface area (Å²) in [6, 6.07) is 6.71.